The van der Waals surface area contributed by atoms with Gasteiger partial charge in [-0.05, 0) is 30.9 Å². The number of hydrogen-bond donors (Lipinski definition) is 1. The monoisotopic (exact) mass is 324 g/mol. The number of amides is 1. The molecule has 2 N–H and O–H groups in total. The summed E-state index contributed by atoms with van der Waals surface area (Å²) < 4.78 is 26.4. The van der Waals surface area contributed by atoms with Crippen LogP contribution in [0.5, 0.6) is 0 Å². The number of nitrogens with zero attached hydrogens (tertiary/aromatic N) is 1. The van der Waals surface area contributed by atoms with E-state index in [0.29, 0.717) is 25.1 Å². The summed E-state index contributed by atoms with van der Waals surface area (Å²) in [5.41, 5.74) is 5.55. The van der Waals surface area contributed by atoms with Crippen molar-refractivity contribution in [3.05, 3.63) is 35.4 Å². The molecule has 1 heterocycles. The van der Waals surface area contributed by atoms with Gasteiger partial charge < -0.3 is 10.6 Å². The maximum absolute atomic E-state index is 13.6. The van der Waals surface area contributed by atoms with Crippen molar-refractivity contribution in [3.63, 3.8) is 0 Å². The minimum atomic E-state index is -0.894. The molecule has 2 rings (SSSR count). The zero-order valence-electron chi connectivity index (χ0n) is 13.2. The lowest BCUT2D eigenvalue weighted by atomic mass is 9.92. The van der Waals surface area contributed by atoms with Crippen molar-refractivity contribution in [3.8, 4) is 0 Å². The Balaban J connectivity index is 1.94. The Morgan fingerprint density at radius 2 is 2.04 bits per heavy atom. The molecule has 1 aliphatic rings. The molecular formula is C17H22F2N2O2. The molecule has 126 valence electrons. The predicted octanol–water partition coefficient (Wildman–Crippen LogP) is 2.51. The number of rotatable bonds is 5. The van der Waals surface area contributed by atoms with E-state index in [-0.39, 0.29) is 30.4 Å². The van der Waals surface area contributed by atoms with Gasteiger partial charge in [0.15, 0.2) is 5.78 Å². The van der Waals surface area contributed by atoms with E-state index in [1.807, 2.05) is 0 Å². The van der Waals surface area contributed by atoms with E-state index in [1.54, 1.807) is 4.90 Å². The van der Waals surface area contributed by atoms with Gasteiger partial charge in [-0.25, -0.2) is 8.78 Å². The largest absolute Gasteiger partial charge is 0.338 e. The molecule has 0 aliphatic carbocycles. The Labute approximate surface area is 134 Å². The van der Waals surface area contributed by atoms with Crippen molar-refractivity contribution in [2.75, 3.05) is 13.1 Å². The molecular weight excluding hydrogens is 302 g/mol. The van der Waals surface area contributed by atoms with Crippen LogP contribution in [0.15, 0.2) is 18.2 Å². The second-order valence-corrected chi connectivity index (χ2v) is 6.15. The molecule has 0 aromatic heterocycles. The first kappa shape index (κ1) is 17.5. The number of piperidine rings is 1. The van der Waals surface area contributed by atoms with Crippen LogP contribution in [-0.2, 0) is 4.79 Å². The molecule has 1 saturated heterocycles. The number of ketones is 1. The third-order valence-electron chi connectivity index (χ3n) is 4.37. The lowest BCUT2D eigenvalue weighted by Crippen LogP contribution is -2.49. The van der Waals surface area contributed by atoms with Gasteiger partial charge in [0.2, 0.25) is 5.91 Å². The topological polar surface area (TPSA) is 63.4 Å². The molecule has 0 spiro atoms. The van der Waals surface area contributed by atoms with Crippen LogP contribution in [0, 0.1) is 17.6 Å². The van der Waals surface area contributed by atoms with Gasteiger partial charge in [-0.2, -0.15) is 0 Å². The number of nitrogens with two attached hydrogens (primary N) is 1. The minimum absolute atomic E-state index is 0.00362. The van der Waals surface area contributed by atoms with Gasteiger partial charge in [0, 0.05) is 38.0 Å². The highest BCUT2D eigenvalue weighted by Crippen LogP contribution is 2.23. The first-order valence-corrected chi connectivity index (χ1v) is 7.90. The first-order valence-electron chi connectivity index (χ1n) is 7.90. The standard InChI is InChI=1S/C17H22F2N2O2/c1-11-6-7-21(13(8-11)10-20)17(23)5-4-16(22)14-3-2-12(18)9-15(14)19/h2-3,9,11,13H,4-8,10,20H2,1H3. The highest BCUT2D eigenvalue weighted by Gasteiger charge is 2.29. The Morgan fingerprint density at radius 1 is 1.30 bits per heavy atom. The summed E-state index contributed by atoms with van der Waals surface area (Å²) in [7, 11) is 0. The van der Waals surface area contributed by atoms with E-state index in [0.717, 1.165) is 25.0 Å². The second-order valence-electron chi connectivity index (χ2n) is 6.15. The SMILES string of the molecule is CC1CCN(C(=O)CCC(=O)c2ccc(F)cc2F)C(CN)C1. The van der Waals surface area contributed by atoms with Crippen LogP contribution in [-0.4, -0.2) is 35.7 Å². The maximum Gasteiger partial charge on any atom is 0.223 e. The molecule has 6 heteroatoms. The summed E-state index contributed by atoms with van der Waals surface area (Å²) in [4.78, 5) is 26.1. The molecule has 1 aromatic rings. The fraction of sp³-hybridized carbons (Fsp3) is 0.529. The number of carbonyl (C=O) groups is 2. The molecule has 0 bridgehead atoms. The van der Waals surface area contributed by atoms with Crippen LogP contribution < -0.4 is 5.73 Å². The third-order valence-corrected chi connectivity index (χ3v) is 4.37. The normalized spacial score (nSPS) is 21.3. The van der Waals surface area contributed by atoms with Gasteiger partial charge in [0.1, 0.15) is 11.6 Å². The summed E-state index contributed by atoms with van der Waals surface area (Å²) in [6.07, 6.45) is 1.71. The van der Waals surface area contributed by atoms with Crippen LogP contribution >= 0.6 is 0 Å². The summed E-state index contributed by atoms with van der Waals surface area (Å²) >= 11 is 0. The summed E-state index contributed by atoms with van der Waals surface area (Å²) in [5.74, 6) is -1.73. The van der Waals surface area contributed by atoms with Crippen molar-refractivity contribution >= 4 is 11.7 Å². The van der Waals surface area contributed by atoms with Gasteiger partial charge in [0.05, 0.1) is 5.56 Å². The highest BCUT2D eigenvalue weighted by atomic mass is 19.1. The van der Waals surface area contributed by atoms with Gasteiger partial charge in [-0.1, -0.05) is 6.92 Å². The molecule has 2 atom stereocenters. The second kappa shape index (κ2) is 7.64. The Kier molecular flexibility index (Phi) is 5.82. The number of carbonyl (C=O) groups excluding carboxylic acids is 2. The molecule has 0 saturated carbocycles. The number of halogens is 2. The molecule has 1 aliphatic heterocycles. The highest BCUT2D eigenvalue weighted by molar-refractivity contribution is 5.98. The zero-order valence-corrected chi connectivity index (χ0v) is 13.2. The minimum Gasteiger partial charge on any atom is -0.338 e. The van der Waals surface area contributed by atoms with E-state index >= 15 is 0 Å². The number of benzene rings is 1. The summed E-state index contributed by atoms with van der Waals surface area (Å²) in [6, 6.07) is 2.83. The molecule has 2 unspecified atom stereocenters. The lowest BCUT2D eigenvalue weighted by Gasteiger charge is -2.38. The van der Waals surface area contributed by atoms with Crippen molar-refractivity contribution in [1.29, 1.82) is 0 Å². The molecule has 1 aromatic carbocycles. The Bertz CT molecular complexity index is 592. The number of Topliss-reactive ketones (excluding diaryl/α,β-unsaturated/α-hetero) is 1. The van der Waals surface area contributed by atoms with Crippen LogP contribution in [0.2, 0.25) is 0 Å². The van der Waals surface area contributed by atoms with Gasteiger partial charge in [-0.3, -0.25) is 9.59 Å². The molecule has 0 radical (unpaired) electrons. The smallest absolute Gasteiger partial charge is 0.223 e. The Hall–Kier alpha value is -1.82. The number of likely N-dealkylation sites (tertiary alicyclic amines) is 1. The van der Waals surface area contributed by atoms with Crippen LogP contribution in [0.1, 0.15) is 43.0 Å². The molecule has 4 nitrogen and oxygen atoms in total. The zero-order chi connectivity index (χ0) is 17.0. The number of hydrogen-bond acceptors (Lipinski definition) is 3. The van der Waals surface area contributed by atoms with Gasteiger partial charge in [0.25, 0.3) is 0 Å². The van der Waals surface area contributed by atoms with E-state index in [1.165, 1.54) is 0 Å². The van der Waals surface area contributed by atoms with Crippen molar-refractivity contribution in [2.24, 2.45) is 11.7 Å². The van der Waals surface area contributed by atoms with E-state index in [4.69, 9.17) is 5.73 Å². The fourth-order valence-electron chi connectivity index (χ4n) is 3.02. The summed E-state index contributed by atoms with van der Waals surface area (Å²) in [5, 5.41) is 0. The molecule has 1 amide bonds. The predicted molar refractivity (Wildman–Crippen MR) is 82.9 cm³/mol. The first-order chi connectivity index (χ1) is 10.9. The fourth-order valence-corrected chi connectivity index (χ4v) is 3.02. The molecule has 1 fully saturated rings. The molecule has 23 heavy (non-hydrogen) atoms. The van der Waals surface area contributed by atoms with E-state index < -0.39 is 17.4 Å². The third kappa shape index (κ3) is 4.34. The summed E-state index contributed by atoms with van der Waals surface area (Å²) in [6.45, 7) is 3.17. The van der Waals surface area contributed by atoms with Crippen LogP contribution in [0.4, 0.5) is 8.78 Å². The average Bonchev–Trinajstić information content (AvgIpc) is 2.52. The van der Waals surface area contributed by atoms with Crippen LogP contribution in [0.3, 0.4) is 0 Å². The lowest BCUT2D eigenvalue weighted by molar-refractivity contribution is -0.135. The Morgan fingerprint density at radius 3 is 2.70 bits per heavy atom. The van der Waals surface area contributed by atoms with Gasteiger partial charge >= 0.3 is 0 Å². The maximum atomic E-state index is 13.6. The van der Waals surface area contributed by atoms with Crippen molar-refractivity contribution in [2.45, 2.75) is 38.6 Å². The van der Waals surface area contributed by atoms with E-state index in [9.17, 15) is 18.4 Å². The van der Waals surface area contributed by atoms with Gasteiger partial charge in [-0.15, -0.1) is 0 Å². The average molecular weight is 324 g/mol. The quantitative estimate of drug-likeness (QED) is 0.847. The van der Waals surface area contributed by atoms with Crippen molar-refractivity contribution < 1.29 is 18.4 Å². The van der Waals surface area contributed by atoms with Crippen molar-refractivity contribution in [1.82, 2.24) is 4.90 Å². The van der Waals surface area contributed by atoms with E-state index in [2.05, 4.69) is 6.92 Å². The van der Waals surface area contributed by atoms with Crippen LogP contribution in [0.25, 0.3) is 0 Å².